The minimum atomic E-state index is -0.00632. The predicted molar refractivity (Wildman–Crippen MR) is 112 cm³/mol. The second-order valence-electron chi connectivity index (χ2n) is 7.48. The first-order valence-corrected chi connectivity index (χ1v) is 10.0. The molecule has 0 unspecified atom stereocenters. The van der Waals surface area contributed by atoms with Crippen LogP contribution in [0.5, 0.6) is 0 Å². The molecule has 2 aromatic rings. The van der Waals surface area contributed by atoms with Gasteiger partial charge in [0.15, 0.2) is 0 Å². The number of benzene rings is 2. The molecule has 1 heterocycles. The average molecular weight is 380 g/mol. The van der Waals surface area contributed by atoms with Crippen molar-refractivity contribution in [3.05, 3.63) is 65.7 Å². The van der Waals surface area contributed by atoms with Crippen molar-refractivity contribution in [3.63, 3.8) is 0 Å². The number of rotatable bonds is 6. The smallest absolute Gasteiger partial charge is 0.321 e. The second-order valence-corrected chi connectivity index (χ2v) is 7.48. The Balaban J connectivity index is 1.41. The first kappa shape index (κ1) is 19.9. The number of urea groups is 1. The Labute approximate surface area is 167 Å². The summed E-state index contributed by atoms with van der Waals surface area (Å²) in [5.41, 5.74) is 3.42. The van der Waals surface area contributed by atoms with Crippen molar-refractivity contribution >= 4 is 17.6 Å². The molecular formula is C23H29N3O2. The van der Waals surface area contributed by atoms with Crippen molar-refractivity contribution in [2.24, 2.45) is 5.92 Å². The summed E-state index contributed by atoms with van der Waals surface area (Å²) in [5, 5.41) is 5.79. The molecule has 0 saturated carbocycles. The molecule has 1 aliphatic heterocycles. The molecule has 1 aliphatic rings. The largest absolute Gasteiger partial charge is 0.356 e. The van der Waals surface area contributed by atoms with E-state index in [-0.39, 0.29) is 11.9 Å². The van der Waals surface area contributed by atoms with Gasteiger partial charge in [0.25, 0.3) is 0 Å². The Kier molecular flexibility index (Phi) is 7.06. The van der Waals surface area contributed by atoms with Crippen LogP contribution in [-0.2, 0) is 17.6 Å². The third-order valence-electron chi connectivity index (χ3n) is 5.26. The number of carbonyl (C=O) groups is 2. The van der Waals surface area contributed by atoms with E-state index in [4.69, 9.17) is 0 Å². The van der Waals surface area contributed by atoms with Crippen molar-refractivity contribution in [1.82, 2.24) is 10.2 Å². The summed E-state index contributed by atoms with van der Waals surface area (Å²) in [6, 6.07) is 18.3. The zero-order valence-electron chi connectivity index (χ0n) is 16.5. The van der Waals surface area contributed by atoms with Gasteiger partial charge in [-0.15, -0.1) is 0 Å². The van der Waals surface area contributed by atoms with Gasteiger partial charge in [-0.2, -0.15) is 0 Å². The van der Waals surface area contributed by atoms with Gasteiger partial charge in [0.1, 0.15) is 0 Å². The van der Waals surface area contributed by atoms with Gasteiger partial charge in [0.2, 0.25) is 5.91 Å². The summed E-state index contributed by atoms with van der Waals surface area (Å²) in [6.45, 7) is 3.83. The fourth-order valence-electron chi connectivity index (χ4n) is 3.62. The summed E-state index contributed by atoms with van der Waals surface area (Å²) in [5.74, 6) is 0.631. The Bertz CT molecular complexity index is 766. The lowest BCUT2D eigenvalue weighted by Gasteiger charge is -2.32. The SMILES string of the molecule is CC(=O)NCCc1ccc(CC2CCN(C(=O)Nc3ccccc3)CC2)cc1. The summed E-state index contributed by atoms with van der Waals surface area (Å²) in [4.78, 5) is 25.2. The van der Waals surface area contributed by atoms with Crippen LogP contribution in [0.1, 0.15) is 30.9 Å². The van der Waals surface area contributed by atoms with Crippen molar-refractivity contribution in [2.45, 2.75) is 32.6 Å². The second kappa shape index (κ2) is 9.93. The monoisotopic (exact) mass is 379 g/mol. The number of para-hydroxylation sites is 1. The molecule has 1 saturated heterocycles. The quantitative estimate of drug-likeness (QED) is 0.801. The van der Waals surface area contributed by atoms with Crippen LogP contribution in [0.2, 0.25) is 0 Å². The van der Waals surface area contributed by atoms with Gasteiger partial charge < -0.3 is 15.5 Å². The van der Waals surface area contributed by atoms with Gasteiger partial charge in [0.05, 0.1) is 0 Å². The van der Waals surface area contributed by atoms with E-state index in [0.717, 1.165) is 44.5 Å². The molecule has 3 amide bonds. The van der Waals surface area contributed by atoms with E-state index in [2.05, 4.69) is 34.9 Å². The van der Waals surface area contributed by atoms with Crippen LogP contribution in [0.15, 0.2) is 54.6 Å². The van der Waals surface area contributed by atoms with Crippen molar-refractivity contribution < 1.29 is 9.59 Å². The van der Waals surface area contributed by atoms with E-state index in [1.165, 1.54) is 11.1 Å². The van der Waals surface area contributed by atoms with Crippen LogP contribution in [-0.4, -0.2) is 36.5 Å². The molecule has 0 atom stereocenters. The number of piperidine rings is 1. The third-order valence-corrected chi connectivity index (χ3v) is 5.26. The van der Waals surface area contributed by atoms with E-state index in [0.29, 0.717) is 12.5 Å². The lowest BCUT2D eigenvalue weighted by atomic mass is 9.90. The molecule has 1 fully saturated rings. The van der Waals surface area contributed by atoms with Crippen LogP contribution in [0.3, 0.4) is 0 Å². The number of likely N-dealkylation sites (tertiary alicyclic amines) is 1. The number of anilines is 1. The van der Waals surface area contributed by atoms with Gasteiger partial charge >= 0.3 is 6.03 Å². The molecule has 0 aromatic heterocycles. The Morgan fingerprint density at radius 3 is 2.25 bits per heavy atom. The lowest BCUT2D eigenvalue weighted by Crippen LogP contribution is -2.41. The van der Waals surface area contributed by atoms with E-state index < -0.39 is 0 Å². The summed E-state index contributed by atoms with van der Waals surface area (Å²) >= 11 is 0. The number of amides is 3. The third kappa shape index (κ3) is 6.12. The van der Waals surface area contributed by atoms with E-state index in [1.54, 1.807) is 6.92 Å². The molecule has 28 heavy (non-hydrogen) atoms. The molecule has 148 valence electrons. The van der Waals surface area contributed by atoms with E-state index >= 15 is 0 Å². The van der Waals surface area contributed by atoms with E-state index in [1.807, 2.05) is 35.2 Å². The van der Waals surface area contributed by atoms with Crippen LogP contribution in [0.4, 0.5) is 10.5 Å². The van der Waals surface area contributed by atoms with Gasteiger partial charge in [0, 0.05) is 32.2 Å². The number of carbonyl (C=O) groups excluding carboxylic acids is 2. The number of hydrogen-bond acceptors (Lipinski definition) is 2. The maximum Gasteiger partial charge on any atom is 0.321 e. The summed E-state index contributed by atoms with van der Waals surface area (Å²) in [6.07, 6.45) is 3.98. The number of hydrogen-bond donors (Lipinski definition) is 2. The first-order valence-electron chi connectivity index (χ1n) is 10.0. The van der Waals surface area contributed by atoms with Gasteiger partial charge in [-0.25, -0.2) is 4.79 Å². The van der Waals surface area contributed by atoms with Crippen LogP contribution in [0.25, 0.3) is 0 Å². The van der Waals surface area contributed by atoms with Crippen LogP contribution in [0, 0.1) is 5.92 Å². The lowest BCUT2D eigenvalue weighted by molar-refractivity contribution is -0.118. The predicted octanol–water partition coefficient (Wildman–Crippen LogP) is 3.85. The maximum atomic E-state index is 12.4. The van der Waals surface area contributed by atoms with Crippen molar-refractivity contribution in [3.8, 4) is 0 Å². The van der Waals surface area contributed by atoms with Gasteiger partial charge in [-0.05, 0) is 54.9 Å². The number of nitrogens with one attached hydrogen (secondary N) is 2. The summed E-state index contributed by atoms with van der Waals surface area (Å²) in [7, 11) is 0. The highest BCUT2D eigenvalue weighted by molar-refractivity contribution is 5.89. The molecule has 0 radical (unpaired) electrons. The Morgan fingerprint density at radius 2 is 1.61 bits per heavy atom. The molecule has 3 rings (SSSR count). The Morgan fingerprint density at radius 1 is 0.964 bits per heavy atom. The zero-order valence-corrected chi connectivity index (χ0v) is 16.5. The standard InChI is InChI=1S/C23H29N3O2/c1-18(27)24-14-11-19-7-9-20(10-8-19)17-21-12-15-26(16-13-21)23(28)25-22-5-3-2-4-6-22/h2-10,21H,11-17H2,1H3,(H,24,27)(H,25,28). The molecule has 5 nitrogen and oxygen atoms in total. The number of nitrogens with zero attached hydrogens (tertiary/aromatic N) is 1. The molecule has 2 aromatic carbocycles. The first-order chi connectivity index (χ1) is 13.6. The van der Waals surface area contributed by atoms with Crippen molar-refractivity contribution in [2.75, 3.05) is 25.0 Å². The van der Waals surface area contributed by atoms with Crippen LogP contribution >= 0.6 is 0 Å². The van der Waals surface area contributed by atoms with Gasteiger partial charge in [-0.3, -0.25) is 4.79 Å². The molecule has 2 N–H and O–H groups in total. The minimum Gasteiger partial charge on any atom is -0.356 e. The zero-order chi connectivity index (χ0) is 19.8. The fraction of sp³-hybridized carbons (Fsp3) is 0.391. The highest BCUT2D eigenvalue weighted by Crippen LogP contribution is 2.22. The van der Waals surface area contributed by atoms with Crippen molar-refractivity contribution in [1.29, 1.82) is 0 Å². The maximum absolute atomic E-state index is 12.4. The molecular weight excluding hydrogens is 350 g/mol. The van der Waals surface area contributed by atoms with E-state index in [9.17, 15) is 9.59 Å². The molecule has 0 aliphatic carbocycles. The topological polar surface area (TPSA) is 61.4 Å². The minimum absolute atomic E-state index is 0.00632. The van der Waals surface area contributed by atoms with Gasteiger partial charge in [-0.1, -0.05) is 42.5 Å². The molecule has 0 bridgehead atoms. The average Bonchev–Trinajstić information content (AvgIpc) is 2.70. The molecule has 0 spiro atoms. The molecule has 5 heteroatoms. The normalized spacial score (nSPS) is 14.5. The Hall–Kier alpha value is -2.82. The highest BCUT2D eigenvalue weighted by atomic mass is 16.2. The van der Waals surface area contributed by atoms with Crippen LogP contribution < -0.4 is 10.6 Å². The summed E-state index contributed by atoms with van der Waals surface area (Å²) < 4.78 is 0. The fourth-order valence-corrected chi connectivity index (χ4v) is 3.62. The highest BCUT2D eigenvalue weighted by Gasteiger charge is 2.23.